The molecule has 0 radical (unpaired) electrons. The van der Waals surface area contributed by atoms with Gasteiger partial charge in [0, 0.05) is 15.0 Å². The van der Waals surface area contributed by atoms with Gasteiger partial charge in [-0.25, -0.2) is 0 Å². The second-order valence-corrected chi connectivity index (χ2v) is 4.64. The van der Waals surface area contributed by atoms with Crippen LogP contribution in [0, 0.1) is 5.92 Å². The van der Waals surface area contributed by atoms with Crippen molar-refractivity contribution in [2.75, 3.05) is 0 Å². The Bertz CT molecular complexity index is 206. The lowest BCUT2D eigenvalue weighted by molar-refractivity contribution is 0.637. The van der Waals surface area contributed by atoms with E-state index in [1.165, 1.54) is 0 Å². The minimum absolute atomic E-state index is 0.340. The molecular formula is C6H10N2S2. The molecule has 1 unspecified atom stereocenters. The molecule has 0 amide bonds. The third-order valence-electron chi connectivity index (χ3n) is 1.10. The summed E-state index contributed by atoms with van der Waals surface area (Å²) in [5.74, 6) is 0.648. The van der Waals surface area contributed by atoms with Crippen LogP contribution in [0.3, 0.4) is 0 Å². The summed E-state index contributed by atoms with van der Waals surface area (Å²) in [4.78, 5) is 0. The van der Waals surface area contributed by atoms with Gasteiger partial charge >= 0.3 is 0 Å². The molecule has 2 nitrogen and oxygen atoms in total. The van der Waals surface area contributed by atoms with E-state index in [1.807, 2.05) is 5.41 Å². The van der Waals surface area contributed by atoms with E-state index in [9.17, 15) is 0 Å². The van der Waals surface area contributed by atoms with Crippen LogP contribution in [-0.2, 0) is 20.8 Å². The summed E-state index contributed by atoms with van der Waals surface area (Å²) in [6.45, 7) is 4.33. The van der Waals surface area contributed by atoms with Gasteiger partial charge in [-0.2, -0.15) is 0 Å². The summed E-state index contributed by atoms with van der Waals surface area (Å²) in [6.07, 6.45) is 1.00. The van der Waals surface area contributed by atoms with Gasteiger partial charge in [0.1, 0.15) is 0 Å². The van der Waals surface area contributed by atoms with Crippen LogP contribution in [0.4, 0.5) is 0 Å². The predicted molar refractivity (Wildman–Crippen MR) is 47.1 cm³/mol. The quantitative estimate of drug-likeness (QED) is 0.630. The molecule has 1 aliphatic rings. The highest BCUT2D eigenvalue weighted by Crippen LogP contribution is 2.18. The third kappa shape index (κ3) is 2.27. The smallest absolute Gasteiger partial charge is 0.0724 e. The van der Waals surface area contributed by atoms with Gasteiger partial charge in [-0.3, -0.25) is 0 Å². The third-order valence-corrected chi connectivity index (χ3v) is 2.31. The van der Waals surface area contributed by atoms with Crippen LogP contribution < -0.4 is 0 Å². The maximum atomic E-state index is 4.92. The summed E-state index contributed by atoms with van der Waals surface area (Å²) in [7, 11) is -0.340. The maximum Gasteiger partial charge on any atom is 0.0724 e. The van der Waals surface area contributed by atoms with Crippen LogP contribution >= 0.6 is 0 Å². The monoisotopic (exact) mass is 174 g/mol. The summed E-state index contributed by atoms with van der Waals surface area (Å²) < 4.78 is 3.85. The van der Waals surface area contributed by atoms with Crippen LogP contribution in [0.15, 0.2) is 20.7 Å². The fourth-order valence-electron chi connectivity index (χ4n) is 0.763. The zero-order valence-corrected chi connectivity index (χ0v) is 7.71. The topological polar surface area (TPSA) is 24.7 Å². The lowest BCUT2D eigenvalue weighted by atomic mass is 10.1. The molecule has 4 heteroatoms. The Balaban J connectivity index is 2.52. The Hall–Kier alpha value is -0.0900. The van der Waals surface area contributed by atoms with E-state index in [2.05, 4.69) is 23.5 Å². The van der Waals surface area contributed by atoms with Gasteiger partial charge in [-0.15, -0.1) is 9.63 Å². The number of hydrogen-bond donors (Lipinski definition) is 0. The molecule has 10 heavy (non-hydrogen) atoms. The molecule has 0 N–H and O–H groups in total. The normalized spacial score (nSPS) is 23.9. The Morgan fingerprint density at radius 3 is 2.80 bits per heavy atom. The van der Waals surface area contributed by atoms with Crippen molar-refractivity contribution >= 4 is 20.8 Å². The van der Waals surface area contributed by atoms with E-state index in [0.29, 0.717) is 5.92 Å². The van der Waals surface area contributed by atoms with E-state index in [-0.39, 0.29) is 9.64 Å². The van der Waals surface area contributed by atoms with Gasteiger partial charge < -0.3 is 0 Å². The van der Waals surface area contributed by atoms with Crippen molar-refractivity contribution in [3.05, 3.63) is 11.1 Å². The lowest BCUT2D eigenvalue weighted by Crippen LogP contribution is -1.86. The standard InChI is InChI=1S/C6H10N2S2/c1-5(2)3-6-4-10(9)8-7-6/h4-5H,3H2,1-2H3. The first-order valence-electron chi connectivity index (χ1n) is 3.21. The average molecular weight is 174 g/mol. The molecule has 0 fully saturated rings. The summed E-state index contributed by atoms with van der Waals surface area (Å²) in [5.41, 5.74) is 1.06. The average Bonchev–Trinajstić information content (AvgIpc) is 2.13. The van der Waals surface area contributed by atoms with Crippen LogP contribution in [0.5, 0.6) is 0 Å². The molecule has 0 saturated heterocycles. The van der Waals surface area contributed by atoms with Crippen LogP contribution in [-0.4, -0.2) is 0 Å². The molecule has 0 aromatic rings. The molecule has 1 heterocycles. The zero-order valence-electron chi connectivity index (χ0n) is 6.07. The van der Waals surface area contributed by atoms with Crippen molar-refractivity contribution in [1.82, 2.24) is 0 Å². The number of allylic oxidation sites excluding steroid dienone is 1. The summed E-state index contributed by atoms with van der Waals surface area (Å²) >= 11 is 4.92. The fraction of sp³-hybridized carbons (Fsp3) is 0.667. The predicted octanol–water partition coefficient (Wildman–Crippen LogP) is 2.33. The maximum absolute atomic E-state index is 4.92. The zero-order chi connectivity index (χ0) is 7.56. The minimum atomic E-state index is -0.340. The first-order chi connectivity index (χ1) is 4.68. The lowest BCUT2D eigenvalue weighted by Gasteiger charge is -1.98. The van der Waals surface area contributed by atoms with E-state index >= 15 is 0 Å². The van der Waals surface area contributed by atoms with Gasteiger partial charge in [0.25, 0.3) is 0 Å². The second-order valence-electron chi connectivity index (χ2n) is 2.66. The SMILES string of the molecule is CC(C)CC1=CS(=S)N=N1. The Morgan fingerprint density at radius 2 is 2.40 bits per heavy atom. The first-order valence-corrected chi connectivity index (χ1v) is 5.38. The minimum Gasteiger partial charge on any atom is -0.147 e. The van der Waals surface area contributed by atoms with Gasteiger partial charge in [-0.05, 0) is 23.5 Å². The Morgan fingerprint density at radius 1 is 1.70 bits per heavy atom. The molecular weight excluding hydrogens is 164 g/mol. The van der Waals surface area contributed by atoms with E-state index < -0.39 is 0 Å². The van der Waals surface area contributed by atoms with Crippen molar-refractivity contribution in [2.45, 2.75) is 20.3 Å². The molecule has 56 valence electrons. The van der Waals surface area contributed by atoms with Gasteiger partial charge in [-0.1, -0.05) is 13.8 Å². The summed E-state index contributed by atoms with van der Waals surface area (Å²) in [5, 5.41) is 5.92. The molecule has 0 saturated carbocycles. The second kappa shape index (κ2) is 3.34. The highest BCUT2D eigenvalue weighted by Gasteiger charge is 2.05. The molecule has 0 aliphatic carbocycles. The fourth-order valence-corrected chi connectivity index (χ4v) is 1.81. The molecule has 0 aromatic carbocycles. The molecule has 0 spiro atoms. The molecule has 1 aliphatic heterocycles. The largest absolute Gasteiger partial charge is 0.147 e. The molecule has 0 aromatic heterocycles. The van der Waals surface area contributed by atoms with Crippen LogP contribution in [0.1, 0.15) is 20.3 Å². The van der Waals surface area contributed by atoms with Gasteiger partial charge in [0.2, 0.25) is 0 Å². The highest BCUT2D eigenvalue weighted by atomic mass is 32.8. The Labute approximate surface area is 68.2 Å². The van der Waals surface area contributed by atoms with Crippen molar-refractivity contribution in [3.8, 4) is 0 Å². The highest BCUT2D eigenvalue weighted by molar-refractivity contribution is 8.29. The number of rotatable bonds is 2. The molecule has 0 bridgehead atoms. The van der Waals surface area contributed by atoms with Gasteiger partial charge in [0.05, 0.1) is 5.70 Å². The van der Waals surface area contributed by atoms with Crippen LogP contribution in [0.2, 0.25) is 0 Å². The van der Waals surface area contributed by atoms with E-state index in [4.69, 9.17) is 11.2 Å². The molecule has 1 atom stereocenters. The Kier molecular flexibility index (Phi) is 2.68. The first kappa shape index (κ1) is 8.01. The van der Waals surface area contributed by atoms with Crippen molar-refractivity contribution in [1.29, 1.82) is 0 Å². The number of nitrogens with zero attached hydrogens (tertiary/aromatic N) is 2. The van der Waals surface area contributed by atoms with Gasteiger partial charge in [0.15, 0.2) is 0 Å². The van der Waals surface area contributed by atoms with E-state index in [0.717, 1.165) is 12.1 Å². The molecule has 1 rings (SSSR count). The van der Waals surface area contributed by atoms with Crippen LogP contribution in [0.25, 0.3) is 0 Å². The van der Waals surface area contributed by atoms with Crippen molar-refractivity contribution in [2.24, 2.45) is 15.6 Å². The number of hydrogen-bond acceptors (Lipinski definition) is 2. The van der Waals surface area contributed by atoms with Crippen molar-refractivity contribution in [3.63, 3.8) is 0 Å². The summed E-state index contributed by atoms with van der Waals surface area (Å²) in [6, 6.07) is 0. The van der Waals surface area contributed by atoms with Crippen molar-refractivity contribution < 1.29 is 0 Å². The van der Waals surface area contributed by atoms with E-state index in [1.54, 1.807) is 0 Å².